The average molecular weight is 218 g/mol. The van der Waals surface area contributed by atoms with Crippen molar-refractivity contribution in [1.29, 1.82) is 0 Å². The van der Waals surface area contributed by atoms with E-state index in [1.165, 1.54) is 16.7 Å². The first-order chi connectivity index (χ1) is 7.59. The summed E-state index contributed by atoms with van der Waals surface area (Å²) in [4.78, 5) is 0. The molecule has 0 aliphatic heterocycles. The van der Waals surface area contributed by atoms with E-state index in [4.69, 9.17) is 4.42 Å². The molecule has 0 aromatic carbocycles. The highest BCUT2D eigenvalue weighted by molar-refractivity contribution is 5.18. The molecule has 0 spiro atoms. The first kappa shape index (κ1) is 12.8. The third-order valence-electron chi connectivity index (χ3n) is 2.70. The van der Waals surface area contributed by atoms with Crippen molar-refractivity contribution in [3.8, 4) is 0 Å². The van der Waals surface area contributed by atoms with Crippen LogP contribution in [0.5, 0.6) is 0 Å². The standard InChI is InChI=1S/C15H22O/c1-12(2)6-5-7-13(3)8-9-15-14(4)10-11-16-15/h6,8,10-11H,5,7,9H2,1-4H3/b13-8-. The Bertz CT molecular complexity index is 376. The Morgan fingerprint density at radius 3 is 2.56 bits per heavy atom. The zero-order chi connectivity index (χ0) is 12.0. The van der Waals surface area contributed by atoms with Crippen LogP contribution in [0.1, 0.15) is 44.9 Å². The predicted molar refractivity (Wildman–Crippen MR) is 69.6 cm³/mol. The summed E-state index contributed by atoms with van der Waals surface area (Å²) in [6, 6.07) is 2.02. The molecule has 88 valence electrons. The van der Waals surface area contributed by atoms with Crippen LogP contribution in [0.2, 0.25) is 0 Å². The second-order valence-electron chi connectivity index (χ2n) is 4.60. The Hall–Kier alpha value is -1.24. The highest BCUT2D eigenvalue weighted by Crippen LogP contribution is 2.13. The number of rotatable bonds is 5. The van der Waals surface area contributed by atoms with Crippen molar-refractivity contribution in [2.45, 2.75) is 47.0 Å². The van der Waals surface area contributed by atoms with Gasteiger partial charge >= 0.3 is 0 Å². The van der Waals surface area contributed by atoms with Gasteiger partial charge in [0.05, 0.1) is 6.26 Å². The van der Waals surface area contributed by atoms with Gasteiger partial charge in [0, 0.05) is 6.42 Å². The first-order valence-corrected chi connectivity index (χ1v) is 5.91. The number of aryl methyl sites for hydroxylation is 1. The Labute approximate surface area is 98.9 Å². The molecule has 1 heteroatoms. The van der Waals surface area contributed by atoms with E-state index < -0.39 is 0 Å². The quantitative estimate of drug-likeness (QED) is 0.645. The molecule has 1 heterocycles. The van der Waals surface area contributed by atoms with Crippen molar-refractivity contribution in [2.24, 2.45) is 0 Å². The van der Waals surface area contributed by atoms with Gasteiger partial charge in [0.25, 0.3) is 0 Å². The largest absolute Gasteiger partial charge is 0.469 e. The maximum atomic E-state index is 5.40. The molecule has 0 fully saturated rings. The van der Waals surface area contributed by atoms with Crippen LogP contribution in [-0.2, 0) is 6.42 Å². The Morgan fingerprint density at radius 2 is 2.00 bits per heavy atom. The maximum Gasteiger partial charge on any atom is 0.110 e. The monoisotopic (exact) mass is 218 g/mol. The van der Waals surface area contributed by atoms with Crippen LogP contribution in [0.15, 0.2) is 40.0 Å². The van der Waals surface area contributed by atoms with Crippen LogP contribution in [0.3, 0.4) is 0 Å². The lowest BCUT2D eigenvalue weighted by atomic mass is 10.1. The molecule has 0 amide bonds. The van der Waals surface area contributed by atoms with Crippen molar-refractivity contribution in [3.05, 3.63) is 47.0 Å². The van der Waals surface area contributed by atoms with E-state index in [9.17, 15) is 0 Å². The normalized spacial score (nSPS) is 11.6. The van der Waals surface area contributed by atoms with E-state index in [1.54, 1.807) is 6.26 Å². The summed E-state index contributed by atoms with van der Waals surface area (Å²) in [6.07, 6.45) is 9.52. The van der Waals surface area contributed by atoms with Gasteiger partial charge in [-0.3, -0.25) is 0 Å². The van der Waals surface area contributed by atoms with Gasteiger partial charge in [-0.2, -0.15) is 0 Å². The van der Waals surface area contributed by atoms with Crippen molar-refractivity contribution < 1.29 is 4.42 Å². The second-order valence-corrected chi connectivity index (χ2v) is 4.60. The zero-order valence-corrected chi connectivity index (χ0v) is 10.8. The fourth-order valence-corrected chi connectivity index (χ4v) is 1.57. The highest BCUT2D eigenvalue weighted by atomic mass is 16.3. The Morgan fingerprint density at radius 1 is 1.25 bits per heavy atom. The van der Waals surface area contributed by atoms with Crippen molar-refractivity contribution in [2.75, 3.05) is 0 Å². The number of hydrogen-bond acceptors (Lipinski definition) is 1. The minimum absolute atomic E-state index is 0.916. The fraction of sp³-hybridized carbons (Fsp3) is 0.467. The Balaban J connectivity index is 2.40. The maximum absolute atomic E-state index is 5.40. The van der Waals surface area contributed by atoms with Gasteiger partial charge in [0.2, 0.25) is 0 Å². The second kappa shape index (κ2) is 6.37. The molecule has 1 rings (SSSR count). The molecule has 0 bridgehead atoms. The number of furan rings is 1. The van der Waals surface area contributed by atoms with Gasteiger partial charge in [-0.05, 0) is 52.2 Å². The van der Waals surface area contributed by atoms with Gasteiger partial charge in [-0.15, -0.1) is 0 Å². The highest BCUT2D eigenvalue weighted by Gasteiger charge is 1.99. The smallest absolute Gasteiger partial charge is 0.110 e. The van der Waals surface area contributed by atoms with Crippen LogP contribution in [0.4, 0.5) is 0 Å². The zero-order valence-electron chi connectivity index (χ0n) is 10.8. The number of allylic oxidation sites excluding steroid dienone is 4. The van der Waals surface area contributed by atoms with Gasteiger partial charge in [-0.25, -0.2) is 0 Å². The van der Waals surface area contributed by atoms with Gasteiger partial charge in [0.1, 0.15) is 5.76 Å². The lowest BCUT2D eigenvalue weighted by molar-refractivity contribution is 0.520. The molecule has 0 saturated carbocycles. The SMILES string of the molecule is CC(C)=CCC/C(C)=C\Cc1occc1C. The summed E-state index contributed by atoms with van der Waals surface area (Å²) < 4.78 is 5.40. The molecular weight excluding hydrogens is 196 g/mol. The van der Waals surface area contributed by atoms with E-state index in [2.05, 4.69) is 39.8 Å². The molecule has 0 atom stereocenters. The van der Waals surface area contributed by atoms with E-state index in [0.717, 1.165) is 25.0 Å². The Kier molecular flexibility index (Phi) is 5.10. The van der Waals surface area contributed by atoms with Crippen molar-refractivity contribution >= 4 is 0 Å². The topological polar surface area (TPSA) is 13.1 Å². The van der Waals surface area contributed by atoms with Gasteiger partial charge < -0.3 is 4.42 Å². The lowest BCUT2D eigenvalue weighted by Gasteiger charge is -1.99. The first-order valence-electron chi connectivity index (χ1n) is 5.91. The van der Waals surface area contributed by atoms with Crippen LogP contribution < -0.4 is 0 Å². The number of hydrogen-bond donors (Lipinski definition) is 0. The molecule has 0 saturated heterocycles. The van der Waals surface area contributed by atoms with Crippen molar-refractivity contribution in [3.63, 3.8) is 0 Å². The lowest BCUT2D eigenvalue weighted by Crippen LogP contribution is -1.83. The van der Waals surface area contributed by atoms with E-state index >= 15 is 0 Å². The minimum Gasteiger partial charge on any atom is -0.469 e. The predicted octanol–water partition coefficient (Wildman–Crippen LogP) is 4.82. The van der Waals surface area contributed by atoms with Gasteiger partial charge in [0.15, 0.2) is 0 Å². The third kappa shape index (κ3) is 4.52. The molecule has 0 N–H and O–H groups in total. The summed E-state index contributed by atoms with van der Waals surface area (Å²) in [7, 11) is 0. The molecule has 1 nitrogen and oxygen atoms in total. The third-order valence-corrected chi connectivity index (χ3v) is 2.70. The molecule has 0 aliphatic carbocycles. The van der Waals surface area contributed by atoms with Crippen LogP contribution in [0.25, 0.3) is 0 Å². The molecule has 0 aliphatic rings. The molecule has 16 heavy (non-hydrogen) atoms. The van der Waals surface area contributed by atoms with E-state index in [1.807, 2.05) is 6.07 Å². The average Bonchev–Trinajstić information content (AvgIpc) is 2.60. The molecule has 1 aromatic heterocycles. The molecule has 0 radical (unpaired) electrons. The van der Waals surface area contributed by atoms with Crippen LogP contribution in [-0.4, -0.2) is 0 Å². The summed E-state index contributed by atoms with van der Waals surface area (Å²) in [5.41, 5.74) is 4.08. The van der Waals surface area contributed by atoms with Gasteiger partial charge in [-0.1, -0.05) is 23.3 Å². The minimum atomic E-state index is 0.916. The molecular formula is C15H22O. The fourth-order valence-electron chi connectivity index (χ4n) is 1.57. The summed E-state index contributed by atoms with van der Waals surface area (Å²) in [6.45, 7) is 8.57. The van der Waals surface area contributed by atoms with Crippen molar-refractivity contribution in [1.82, 2.24) is 0 Å². The molecule has 0 unspecified atom stereocenters. The summed E-state index contributed by atoms with van der Waals surface area (Å²) in [5, 5.41) is 0. The van der Waals surface area contributed by atoms with Crippen LogP contribution >= 0.6 is 0 Å². The molecule has 1 aromatic rings. The van der Waals surface area contributed by atoms with E-state index in [-0.39, 0.29) is 0 Å². The van der Waals surface area contributed by atoms with E-state index in [0.29, 0.717) is 0 Å². The summed E-state index contributed by atoms with van der Waals surface area (Å²) >= 11 is 0. The summed E-state index contributed by atoms with van der Waals surface area (Å²) in [5.74, 6) is 1.08. The van der Waals surface area contributed by atoms with Crippen LogP contribution in [0, 0.1) is 6.92 Å².